The standard InChI is InChI=1S/C65H43NO2/c1-63(2)47-21-6-3-18-42(47)44-36-34-41(39-56(44)63)66(40-35-37-50-46(38-40)43-19-4-7-22-48(43)64(50)51-24-9-13-30-58(51)67-59-31-14-10-25-52(59)64)57-29-17-28-55-62(57)45-20-5-8-23-49(45)65(55)53-26-11-15-32-60(53)68-61-33-16-12-27-54(61)65/h3-39H,1-2H3. The highest BCUT2D eigenvalue weighted by Gasteiger charge is 2.53. The van der Waals surface area contributed by atoms with Gasteiger partial charge in [-0.15, -0.1) is 0 Å². The Labute approximate surface area is 396 Å². The summed E-state index contributed by atoms with van der Waals surface area (Å²) in [6.07, 6.45) is 0. The van der Waals surface area contributed by atoms with Gasteiger partial charge in [0, 0.05) is 44.6 Å². The Morgan fingerprint density at radius 3 is 1.28 bits per heavy atom. The van der Waals surface area contributed by atoms with E-state index in [9.17, 15) is 0 Å². The van der Waals surface area contributed by atoms with Gasteiger partial charge in [-0.1, -0.05) is 184 Å². The molecule has 3 heteroatoms. The van der Waals surface area contributed by atoms with Crippen molar-refractivity contribution in [1.29, 1.82) is 0 Å². The van der Waals surface area contributed by atoms with E-state index < -0.39 is 10.8 Å². The molecule has 0 fully saturated rings. The summed E-state index contributed by atoms with van der Waals surface area (Å²) in [5, 5.41) is 0. The molecule has 2 heterocycles. The smallest absolute Gasteiger partial charge is 0.132 e. The molecule has 10 aromatic rings. The van der Waals surface area contributed by atoms with Gasteiger partial charge in [0.15, 0.2) is 0 Å². The van der Waals surface area contributed by atoms with Crippen LogP contribution < -0.4 is 14.4 Å². The maximum atomic E-state index is 6.74. The maximum Gasteiger partial charge on any atom is 0.132 e. The second-order valence-corrected chi connectivity index (χ2v) is 19.4. The van der Waals surface area contributed by atoms with Gasteiger partial charge in [0.2, 0.25) is 0 Å². The van der Waals surface area contributed by atoms with Crippen LogP contribution in [0.2, 0.25) is 0 Å². The predicted octanol–water partition coefficient (Wildman–Crippen LogP) is 16.4. The molecule has 0 radical (unpaired) electrons. The molecule has 2 aliphatic heterocycles. The summed E-state index contributed by atoms with van der Waals surface area (Å²) in [6, 6.07) is 82.9. The molecule has 0 saturated heterocycles. The van der Waals surface area contributed by atoms with Crippen molar-refractivity contribution in [3.63, 3.8) is 0 Å². The molecule has 0 atom stereocenters. The lowest BCUT2D eigenvalue weighted by Crippen LogP contribution is -2.32. The van der Waals surface area contributed by atoms with Crippen LogP contribution in [-0.4, -0.2) is 0 Å². The summed E-state index contributed by atoms with van der Waals surface area (Å²) in [5.74, 6) is 3.56. The zero-order chi connectivity index (χ0) is 44.9. The van der Waals surface area contributed by atoms with E-state index in [-0.39, 0.29) is 5.41 Å². The highest BCUT2D eigenvalue weighted by atomic mass is 16.5. The summed E-state index contributed by atoms with van der Waals surface area (Å²) in [6.45, 7) is 4.75. The zero-order valence-electron chi connectivity index (χ0n) is 37.6. The molecule has 5 aliphatic rings. The Kier molecular flexibility index (Phi) is 7.43. The van der Waals surface area contributed by atoms with Crippen molar-refractivity contribution >= 4 is 17.1 Å². The van der Waals surface area contributed by atoms with Crippen LogP contribution in [-0.2, 0) is 16.2 Å². The van der Waals surface area contributed by atoms with E-state index in [1.807, 2.05) is 0 Å². The van der Waals surface area contributed by atoms with Crippen molar-refractivity contribution in [2.45, 2.75) is 30.1 Å². The van der Waals surface area contributed by atoms with E-state index in [0.717, 1.165) is 62.3 Å². The summed E-state index contributed by atoms with van der Waals surface area (Å²) in [5.41, 5.74) is 21.9. The van der Waals surface area contributed by atoms with Crippen LogP contribution in [0.3, 0.4) is 0 Å². The average molecular weight is 870 g/mol. The molecule has 0 aromatic heterocycles. The third-order valence-corrected chi connectivity index (χ3v) is 16.0. The molecule has 0 unspecified atom stereocenters. The minimum absolute atomic E-state index is 0.189. The monoisotopic (exact) mass is 869 g/mol. The molecule has 320 valence electrons. The van der Waals surface area contributed by atoms with Gasteiger partial charge < -0.3 is 14.4 Å². The lowest BCUT2D eigenvalue weighted by atomic mass is 9.66. The number of hydrogen-bond acceptors (Lipinski definition) is 3. The molecular formula is C65H43NO2. The number of fused-ring (bicyclic) bond motifs is 21. The molecule has 0 N–H and O–H groups in total. The quantitative estimate of drug-likeness (QED) is 0.177. The van der Waals surface area contributed by atoms with E-state index in [4.69, 9.17) is 9.47 Å². The van der Waals surface area contributed by atoms with Gasteiger partial charge >= 0.3 is 0 Å². The van der Waals surface area contributed by atoms with Gasteiger partial charge in [-0.2, -0.15) is 0 Å². The molecule has 0 bridgehead atoms. The maximum absolute atomic E-state index is 6.74. The Morgan fingerprint density at radius 1 is 0.294 bits per heavy atom. The van der Waals surface area contributed by atoms with Gasteiger partial charge in [-0.3, -0.25) is 0 Å². The second-order valence-electron chi connectivity index (χ2n) is 19.4. The van der Waals surface area contributed by atoms with Crippen LogP contribution >= 0.6 is 0 Å². The van der Waals surface area contributed by atoms with Crippen LogP contribution in [0.5, 0.6) is 23.0 Å². The number of ether oxygens (including phenoxy) is 2. The predicted molar refractivity (Wildman–Crippen MR) is 273 cm³/mol. The van der Waals surface area contributed by atoms with Gasteiger partial charge in [0.05, 0.1) is 16.5 Å². The summed E-state index contributed by atoms with van der Waals surface area (Å²) >= 11 is 0. The lowest BCUT2D eigenvalue weighted by molar-refractivity contribution is 0.436. The van der Waals surface area contributed by atoms with Gasteiger partial charge in [-0.05, 0) is 116 Å². The van der Waals surface area contributed by atoms with Crippen molar-refractivity contribution in [2.75, 3.05) is 4.90 Å². The molecule has 0 amide bonds. The van der Waals surface area contributed by atoms with Gasteiger partial charge in [-0.25, -0.2) is 0 Å². The number of rotatable bonds is 3. The molecule has 0 saturated carbocycles. The number of benzene rings is 10. The Morgan fingerprint density at radius 2 is 0.691 bits per heavy atom. The Hall–Kier alpha value is -8.40. The number of hydrogen-bond donors (Lipinski definition) is 0. The first-order valence-electron chi connectivity index (χ1n) is 23.7. The first-order chi connectivity index (χ1) is 33.5. The fourth-order valence-corrected chi connectivity index (χ4v) is 13.3. The van der Waals surface area contributed by atoms with Crippen LogP contribution in [0.15, 0.2) is 224 Å². The minimum atomic E-state index is -0.603. The fourth-order valence-electron chi connectivity index (χ4n) is 13.3. The molecule has 15 rings (SSSR count). The highest BCUT2D eigenvalue weighted by molar-refractivity contribution is 6.00. The van der Waals surface area contributed by atoms with Gasteiger partial charge in [0.25, 0.3) is 0 Å². The van der Waals surface area contributed by atoms with E-state index in [1.165, 1.54) is 66.8 Å². The molecule has 3 nitrogen and oxygen atoms in total. The third-order valence-electron chi connectivity index (χ3n) is 16.0. The molecule has 68 heavy (non-hydrogen) atoms. The number of anilines is 3. The van der Waals surface area contributed by atoms with Crippen molar-refractivity contribution in [3.8, 4) is 56.4 Å². The van der Waals surface area contributed by atoms with Crippen LogP contribution in [0, 0.1) is 0 Å². The van der Waals surface area contributed by atoms with E-state index in [2.05, 4.69) is 243 Å². The molecule has 3 aliphatic carbocycles. The Balaban J connectivity index is 1.03. The van der Waals surface area contributed by atoms with Crippen LogP contribution in [0.1, 0.15) is 69.5 Å². The van der Waals surface area contributed by atoms with E-state index in [0.29, 0.717) is 0 Å². The topological polar surface area (TPSA) is 21.7 Å². The van der Waals surface area contributed by atoms with Crippen molar-refractivity contribution < 1.29 is 9.47 Å². The molecule has 10 aromatic carbocycles. The third kappa shape index (κ3) is 4.59. The largest absolute Gasteiger partial charge is 0.457 e. The van der Waals surface area contributed by atoms with Crippen LogP contribution in [0.25, 0.3) is 33.4 Å². The Bertz CT molecular complexity index is 3730. The van der Waals surface area contributed by atoms with Crippen molar-refractivity contribution in [1.82, 2.24) is 0 Å². The SMILES string of the molecule is CC1(C)c2ccccc2-c2ccc(N(c3ccc4c(c3)-c3ccccc3C43c4ccccc4Oc4ccccc43)c3cccc4c3-c3ccccc3C43c4ccccc4Oc4ccccc43)cc21. The van der Waals surface area contributed by atoms with E-state index in [1.54, 1.807) is 0 Å². The normalized spacial score (nSPS) is 15.5. The van der Waals surface area contributed by atoms with Crippen molar-refractivity contribution in [3.05, 3.63) is 280 Å². The molecule has 2 spiro atoms. The van der Waals surface area contributed by atoms with E-state index >= 15 is 0 Å². The minimum Gasteiger partial charge on any atom is -0.457 e. The summed E-state index contributed by atoms with van der Waals surface area (Å²) in [7, 11) is 0. The van der Waals surface area contributed by atoms with Crippen LogP contribution in [0.4, 0.5) is 17.1 Å². The number of para-hydroxylation sites is 4. The fraction of sp³-hybridized carbons (Fsp3) is 0.0769. The first kappa shape index (κ1) is 37.8. The highest BCUT2D eigenvalue weighted by Crippen LogP contribution is 2.66. The zero-order valence-corrected chi connectivity index (χ0v) is 37.6. The second kappa shape index (κ2) is 13.4. The van der Waals surface area contributed by atoms with Gasteiger partial charge in [0.1, 0.15) is 23.0 Å². The summed E-state index contributed by atoms with van der Waals surface area (Å²) < 4.78 is 13.4. The molecular weight excluding hydrogens is 827 g/mol. The van der Waals surface area contributed by atoms with Crippen molar-refractivity contribution in [2.24, 2.45) is 0 Å². The number of nitrogens with zero attached hydrogens (tertiary/aromatic N) is 1. The first-order valence-corrected chi connectivity index (χ1v) is 23.7. The lowest BCUT2D eigenvalue weighted by Gasteiger charge is -2.39. The average Bonchev–Trinajstić information content (AvgIpc) is 3.94. The summed E-state index contributed by atoms with van der Waals surface area (Å²) in [4.78, 5) is 2.55.